The molecule has 1 N–H and O–H groups in total. The van der Waals surface area contributed by atoms with Gasteiger partial charge in [0.15, 0.2) is 0 Å². The summed E-state index contributed by atoms with van der Waals surface area (Å²) in [5.41, 5.74) is 0. The van der Waals surface area contributed by atoms with Crippen molar-refractivity contribution in [1.29, 1.82) is 0 Å². The summed E-state index contributed by atoms with van der Waals surface area (Å²) in [5, 5.41) is 2.66. The average molecular weight is 198 g/mol. The van der Waals surface area contributed by atoms with Crippen molar-refractivity contribution >= 4 is 11.8 Å². The number of hydrogen-bond acceptors (Lipinski definition) is 2. The van der Waals surface area contributed by atoms with Crippen LogP contribution in [0.1, 0.15) is 26.7 Å². The van der Waals surface area contributed by atoms with Crippen LogP contribution in [0.15, 0.2) is 0 Å². The molecule has 0 aliphatic heterocycles. The molecule has 0 saturated heterocycles. The summed E-state index contributed by atoms with van der Waals surface area (Å²) in [6, 6.07) is 0. The van der Waals surface area contributed by atoms with Gasteiger partial charge >= 0.3 is 0 Å². The van der Waals surface area contributed by atoms with Gasteiger partial charge in [-0.15, -0.1) is 0 Å². The molecule has 1 aliphatic rings. The molecule has 80 valence electrons. The van der Waals surface area contributed by atoms with Gasteiger partial charge in [0.05, 0.1) is 6.54 Å². The van der Waals surface area contributed by atoms with E-state index in [9.17, 15) is 9.59 Å². The fourth-order valence-corrected chi connectivity index (χ4v) is 1.34. The first kappa shape index (κ1) is 11.0. The summed E-state index contributed by atoms with van der Waals surface area (Å²) < 4.78 is 0. The van der Waals surface area contributed by atoms with E-state index in [0.717, 1.165) is 12.8 Å². The van der Waals surface area contributed by atoms with Crippen molar-refractivity contribution in [3.8, 4) is 0 Å². The van der Waals surface area contributed by atoms with Gasteiger partial charge in [0.1, 0.15) is 0 Å². The molecular formula is C10H18N2O2. The van der Waals surface area contributed by atoms with Crippen LogP contribution in [0, 0.1) is 5.92 Å². The van der Waals surface area contributed by atoms with Gasteiger partial charge in [-0.1, -0.05) is 0 Å². The Labute approximate surface area is 84.7 Å². The summed E-state index contributed by atoms with van der Waals surface area (Å²) in [6.45, 7) is 5.43. The minimum absolute atomic E-state index is 0.00370. The van der Waals surface area contributed by atoms with Gasteiger partial charge < -0.3 is 10.2 Å². The first-order chi connectivity index (χ1) is 6.69. The van der Waals surface area contributed by atoms with Crippen molar-refractivity contribution in [2.45, 2.75) is 26.7 Å². The van der Waals surface area contributed by atoms with Crippen LogP contribution in [-0.4, -0.2) is 36.3 Å². The van der Waals surface area contributed by atoms with Gasteiger partial charge in [0, 0.05) is 19.0 Å². The van der Waals surface area contributed by atoms with Crippen LogP contribution < -0.4 is 5.32 Å². The third-order valence-electron chi connectivity index (χ3n) is 2.48. The Bertz CT molecular complexity index is 220. The highest BCUT2D eigenvalue weighted by atomic mass is 16.2. The van der Waals surface area contributed by atoms with Gasteiger partial charge in [-0.2, -0.15) is 0 Å². The van der Waals surface area contributed by atoms with E-state index in [1.165, 1.54) is 0 Å². The van der Waals surface area contributed by atoms with Gasteiger partial charge in [-0.3, -0.25) is 9.59 Å². The van der Waals surface area contributed by atoms with Crippen molar-refractivity contribution in [2.75, 3.05) is 19.6 Å². The molecule has 2 amide bonds. The standard InChI is InChI=1S/C10H18N2O2/c1-3-12(4-2)9(13)7-11-10(14)8-5-6-8/h8H,3-7H2,1-2H3,(H,11,14). The number of amides is 2. The average Bonchev–Trinajstić information content (AvgIpc) is 2.99. The number of nitrogens with zero attached hydrogens (tertiary/aromatic N) is 1. The first-order valence-corrected chi connectivity index (χ1v) is 5.24. The molecule has 0 unspecified atom stereocenters. The van der Waals surface area contributed by atoms with Crippen molar-refractivity contribution < 1.29 is 9.59 Å². The number of rotatable bonds is 5. The Morgan fingerprint density at radius 2 is 1.86 bits per heavy atom. The number of likely N-dealkylation sites (N-methyl/N-ethyl adjacent to an activating group) is 1. The summed E-state index contributed by atoms with van der Waals surface area (Å²) in [6.07, 6.45) is 1.95. The maximum absolute atomic E-state index is 11.5. The summed E-state index contributed by atoms with van der Waals surface area (Å²) in [7, 11) is 0. The van der Waals surface area contributed by atoms with Crippen LogP contribution in [0.4, 0.5) is 0 Å². The smallest absolute Gasteiger partial charge is 0.241 e. The highest BCUT2D eigenvalue weighted by Gasteiger charge is 2.29. The molecule has 4 heteroatoms. The SMILES string of the molecule is CCN(CC)C(=O)CNC(=O)C1CC1. The molecule has 0 heterocycles. The number of carbonyl (C=O) groups excluding carboxylic acids is 2. The second kappa shape index (κ2) is 4.98. The van der Waals surface area contributed by atoms with E-state index >= 15 is 0 Å². The number of hydrogen-bond donors (Lipinski definition) is 1. The topological polar surface area (TPSA) is 49.4 Å². The molecule has 0 aromatic heterocycles. The van der Waals surface area contributed by atoms with Gasteiger partial charge in [-0.25, -0.2) is 0 Å². The molecule has 1 rings (SSSR count). The van der Waals surface area contributed by atoms with E-state index in [2.05, 4.69) is 5.32 Å². The summed E-state index contributed by atoms with van der Waals surface area (Å²) in [4.78, 5) is 24.4. The van der Waals surface area contributed by atoms with Gasteiger partial charge in [0.2, 0.25) is 11.8 Å². The molecule has 0 atom stereocenters. The Hall–Kier alpha value is -1.06. The van der Waals surface area contributed by atoms with E-state index in [1.807, 2.05) is 13.8 Å². The predicted molar refractivity (Wildman–Crippen MR) is 53.7 cm³/mol. The normalized spacial score (nSPS) is 15.0. The Balaban J connectivity index is 2.22. The van der Waals surface area contributed by atoms with E-state index in [-0.39, 0.29) is 24.3 Å². The molecule has 0 radical (unpaired) electrons. The van der Waals surface area contributed by atoms with Crippen LogP contribution in [-0.2, 0) is 9.59 Å². The van der Waals surface area contributed by atoms with Crippen LogP contribution in [0.2, 0.25) is 0 Å². The highest BCUT2D eigenvalue weighted by Crippen LogP contribution is 2.28. The lowest BCUT2D eigenvalue weighted by Gasteiger charge is -2.18. The zero-order valence-corrected chi connectivity index (χ0v) is 8.88. The van der Waals surface area contributed by atoms with Crippen LogP contribution in [0.3, 0.4) is 0 Å². The fourth-order valence-electron chi connectivity index (χ4n) is 1.34. The van der Waals surface area contributed by atoms with Crippen LogP contribution in [0.25, 0.3) is 0 Å². The predicted octanol–water partition coefficient (Wildman–Crippen LogP) is 0.381. The molecular weight excluding hydrogens is 180 g/mol. The zero-order chi connectivity index (χ0) is 10.6. The largest absolute Gasteiger partial charge is 0.347 e. The summed E-state index contributed by atoms with van der Waals surface area (Å²) in [5.74, 6) is 0.217. The monoisotopic (exact) mass is 198 g/mol. The van der Waals surface area contributed by atoms with Crippen molar-refractivity contribution in [1.82, 2.24) is 10.2 Å². The zero-order valence-electron chi connectivity index (χ0n) is 8.88. The fraction of sp³-hybridized carbons (Fsp3) is 0.800. The Morgan fingerprint density at radius 3 is 2.29 bits per heavy atom. The number of nitrogens with one attached hydrogen (secondary N) is 1. The molecule has 4 nitrogen and oxygen atoms in total. The Kier molecular flexibility index (Phi) is 3.92. The molecule has 14 heavy (non-hydrogen) atoms. The van der Waals surface area contributed by atoms with E-state index in [4.69, 9.17) is 0 Å². The van der Waals surface area contributed by atoms with Gasteiger partial charge in [-0.05, 0) is 26.7 Å². The maximum atomic E-state index is 11.5. The molecule has 0 spiro atoms. The van der Waals surface area contributed by atoms with Crippen LogP contribution in [0.5, 0.6) is 0 Å². The van der Waals surface area contributed by atoms with Crippen molar-refractivity contribution in [3.63, 3.8) is 0 Å². The third kappa shape index (κ3) is 3.01. The van der Waals surface area contributed by atoms with E-state index < -0.39 is 0 Å². The molecule has 1 saturated carbocycles. The van der Waals surface area contributed by atoms with Gasteiger partial charge in [0.25, 0.3) is 0 Å². The lowest BCUT2D eigenvalue weighted by molar-refractivity contribution is -0.132. The van der Waals surface area contributed by atoms with Crippen molar-refractivity contribution in [3.05, 3.63) is 0 Å². The molecule has 0 aromatic carbocycles. The minimum atomic E-state index is 0.00370. The molecule has 0 bridgehead atoms. The lowest BCUT2D eigenvalue weighted by Crippen LogP contribution is -2.40. The van der Waals surface area contributed by atoms with E-state index in [0.29, 0.717) is 13.1 Å². The van der Waals surface area contributed by atoms with E-state index in [1.54, 1.807) is 4.90 Å². The Morgan fingerprint density at radius 1 is 1.29 bits per heavy atom. The number of carbonyl (C=O) groups is 2. The molecule has 1 aliphatic carbocycles. The van der Waals surface area contributed by atoms with Crippen molar-refractivity contribution in [2.24, 2.45) is 5.92 Å². The highest BCUT2D eigenvalue weighted by molar-refractivity contribution is 5.86. The molecule has 1 fully saturated rings. The minimum Gasteiger partial charge on any atom is -0.347 e. The maximum Gasteiger partial charge on any atom is 0.241 e. The van der Waals surface area contributed by atoms with Crippen LogP contribution >= 0.6 is 0 Å². The lowest BCUT2D eigenvalue weighted by atomic mass is 10.4. The second-order valence-corrected chi connectivity index (χ2v) is 3.56. The third-order valence-corrected chi connectivity index (χ3v) is 2.48. The second-order valence-electron chi connectivity index (χ2n) is 3.56. The summed E-state index contributed by atoms with van der Waals surface area (Å²) >= 11 is 0. The molecule has 0 aromatic rings. The first-order valence-electron chi connectivity index (χ1n) is 5.24. The quantitative estimate of drug-likeness (QED) is 0.694.